The van der Waals surface area contributed by atoms with Gasteiger partial charge in [-0.25, -0.2) is 9.59 Å². The first-order valence-electron chi connectivity index (χ1n) is 10.3. The van der Waals surface area contributed by atoms with Crippen molar-refractivity contribution in [2.24, 2.45) is 11.5 Å². The van der Waals surface area contributed by atoms with Gasteiger partial charge in [-0.15, -0.1) is 10.2 Å². The van der Waals surface area contributed by atoms with Crippen LogP contribution in [-0.4, -0.2) is 61.4 Å². The Kier molecular flexibility index (Phi) is 7.95. The zero-order valence-electron chi connectivity index (χ0n) is 17.6. The molecule has 2 aromatic heterocycles. The van der Waals surface area contributed by atoms with Crippen molar-refractivity contribution in [3.63, 3.8) is 0 Å². The summed E-state index contributed by atoms with van der Waals surface area (Å²) in [5, 5.41) is 41.4. The number of H-pyrrole nitrogens is 1. The molecule has 0 bridgehead atoms. The Morgan fingerprint density at radius 1 is 1.12 bits per heavy atom. The summed E-state index contributed by atoms with van der Waals surface area (Å²) in [5.74, 6) is -1.26. The summed E-state index contributed by atoms with van der Waals surface area (Å²) in [6.45, 7) is -0.577. The van der Waals surface area contributed by atoms with Gasteiger partial charge in [-0.2, -0.15) is 0 Å². The van der Waals surface area contributed by atoms with E-state index in [1.165, 1.54) is 0 Å². The van der Waals surface area contributed by atoms with Crippen molar-refractivity contribution in [3.05, 3.63) is 47.8 Å². The first kappa shape index (κ1) is 24.1. The molecule has 0 fully saturated rings. The van der Waals surface area contributed by atoms with Crippen LogP contribution in [0.15, 0.2) is 34.9 Å². The minimum absolute atomic E-state index is 0.0258. The summed E-state index contributed by atoms with van der Waals surface area (Å²) < 4.78 is 5.57. The first-order valence-corrected chi connectivity index (χ1v) is 10.3. The SMILES string of the molecule is NC(O)CC[C@H](NC(=O)N[C@@H](CO)c1nnc([C@@H](N)Cc2c[nH]c3ccccc23)o1)C(=O)O. The van der Waals surface area contributed by atoms with Gasteiger partial charge in [0.25, 0.3) is 0 Å². The van der Waals surface area contributed by atoms with Gasteiger partial charge in [0.1, 0.15) is 18.3 Å². The van der Waals surface area contributed by atoms with E-state index in [1.54, 1.807) is 0 Å². The van der Waals surface area contributed by atoms with Crippen molar-refractivity contribution < 1.29 is 29.3 Å². The normalized spacial score (nSPS) is 15.0. The maximum Gasteiger partial charge on any atom is 0.326 e. The van der Waals surface area contributed by atoms with Crippen molar-refractivity contribution in [1.29, 1.82) is 0 Å². The lowest BCUT2D eigenvalue weighted by Crippen LogP contribution is -2.48. The number of aliphatic carboxylic acids is 1. The second-order valence-corrected chi connectivity index (χ2v) is 7.54. The topological polar surface area (TPSA) is 226 Å². The van der Waals surface area contributed by atoms with Gasteiger partial charge >= 0.3 is 12.0 Å². The molecule has 1 aromatic carbocycles. The summed E-state index contributed by atoms with van der Waals surface area (Å²) in [7, 11) is 0. The van der Waals surface area contributed by atoms with Gasteiger partial charge in [0.2, 0.25) is 11.8 Å². The molecule has 2 heterocycles. The smallest absolute Gasteiger partial charge is 0.326 e. The third kappa shape index (κ3) is 6.26. The lowest BCUT2D eigenvalue weighted by molar-refractivity contribution is -0.139. The number of amides is 2. The highest BCUT2D eigenvalue weighted by Crippen LogP contribution is 2.23. The second kappa shape index (κ2) is 10.9. The van der Waals surface area contributed by atoms with Crippen molar-refractivity contribution in [2.45, 2.75) is 43.6 Å². The molecule has 33 heavy (non-hydrogen) atoms. The molecule has 2 amide bonds. The van der Waals surface area contributed by atoms with Gasteiger partial charge in [-0.3, -0.25) is 0 Å². The van der Waals surface area contributed by atoms with E-state index in [1.807, 2.05) is 30.5 Å². The fraction of sp³-hybridized carbons (Fsp3) is 0.400. The van der Waals surface area contributed by atoms with E-state index in [4.69, 9.17) is 21.0 Å². The number of carboxylic acid groups (broad SMARTS) is 1. The van der Waals surface area contributed by atoms with Crippen molar-refractivity contribution >= 4 is 22.9 Å². The van der Waals surface area contributed by atoms with E-state index in [0.29, 0.717) is 6.42 Å². The summed E-state index contributed by atoms with van der Waals surface area (Å²) in [5.41, 5.74) is 13.4. The number of rotatable bonds is 11. The molecule has 0 radical (unpaired) electrons. The van der Waals surface area contributed by atoms with E-state index in [-0.39, 0.29) is 24.6 Å². The Balaban J connectivity index is 1.62. The van der Waals surface area contributed by atoms with Crippen LogP contribution in [0.5, 0.6) is 0 Å². The number of urea groups is 1. The molecule has 0 aliphatic rings. The average molecular weight is 461 g/mol. The molecule has 0 saturated carbocycles. The van der Waals surface area contributed by atoms with Gasteiger partial charge in [-0.05, 0) is 30.9 Å². The van der Waals surface area contributed by atoms with Gasteiger partial charge in [-0.1, -0.05) is 18.2 Å². The van der Waals surface area contributed by atoms with E-state index in [2.05, 4.69) is 25.8 Å². The monoisotopic (exact) mass is 461 g/mol. The minimum Gasteiger partial charge on any atom is -0.480 e. The molecule has 10 N–H and O–H groups in total. The van der Waals surface area contributed by atoms with Gasteiger partial charge in [0.05, 0.1) is 12.6 Å². The van der Waals surface area contributed by atoms with Gasteiger partial charge in [0.15, 0.2) is 0 Å². The Morgan fingerprint density at radius 3 is 2.55 bits per heavy atom. The molecule has 0 aliphatic carbocycles. The number of hydrogen-bond acceptors (Lipinski definition) is 9. The van der Waals surface area contributed by atoms with Crippen molar-refractivity contribution in [1.82, 2.24) is 25.8 Å². The molecule has 178 valence electrons. The number of nitrogens with zero attached hydrogens (tertiary/aromatic N) is 2. The van der Waals surface area contributed by atoms with Crippen LogP contribution in [0.4, 0.5) is 4.79 Å². The molecule has 0 spiro atoms. The number of benzene rings is 1. The predicted octanol–water partition coefficient (Wildman–Crippen LogP) is -0.363. The second-order valence-electron chi connectivity index (χ2n) is 7.54. The van der Waals surface area contributed by atoms with Crippen molar-refractivity contribution in [2.75, 3.05) is 6.61 Å². The highest BCUT2D eigenvalue weighted by molar-refractivity contribution is 5.83. The molecular formula is C20H27N7O6. The van der Waals surface area contributed by atoms with Crippen LogP contribution >= 0.6 is 0 Å². The maximum atomic E-state index is 12.2. The number of carbonyl (C=O) groups excluding carboxylic acids is 1. The summed E-state index contributed by atoms with van der Waals surface area (Å²) in [6.07, 6.45) is 0.954. The van der Waals surface area contributed by atoms with Crippen LogP contribution in [-0.2, 0) is 11.2 Å². The molecule has 3 rings (SSSR count). The van der Waals surface area contributed by atoms with Gasteiger partial charge in [0, 0.05) is 17.1 Å². The zero-order valence-corrected chi connectivity index (χ0v) is 17.6. The third-order valence-corrected chi connectivity index (χ3v) is 5.03. The van der Waals surface area contributed by atoms with E-state index < -0.39 is 43.0 Å². The summed E-state index contributed by atoms with van der Waals surface area (Å²) in [4.78, 5) is 26.7. The molecule has 0 aliphatic heterocycles. The molecule has 13 heteroatoms. The number of nitrogens with one attached hydrogen (secondary N) is 3. The van der Waals surface area contributed by atoms with Crippen LogP contribution in [0.3, 0.4) is 0 Å². The number of fused-ring (bicyclic) bond motifs is 1. The predicted molar refractivity (Wildman–Crippen MR) is 116 cm³/mol. The van der Waals surface area contributed by atoms with Crippen LogP contribution in [0, 0.1) is 0 Å². The Morgan fingerprint density at radius 2 is 1.85 bits per heavy atom. The van der Waals surface area contributed by atoms with Gasteiger partial charge < -0.3 is 46.8 Å². The number of carboxylic acids is 1. The molecular weight excluding hydrogens is 434 g/mol. The molecule has 4 atom stereocenters. The average Bonchev–Trinajstić information content (AvgIpc) is 3.42. The molecule has 0 saturated heterocycles. The molecule has 1 unspecified atom stereocenters. The fourth-order valence-corrected chi connectivity index (χ4v) is 3.30. The lowest BCUT2D eigenvalue weighted by Gasteiger charge is -2.18. The molecule has 3 aromatic rings. The number of aromatic nitrogens is 3. The van der Waals surface area contributed by atoms with Crippen LogP contribution in [0.2, 0.25) is 0 Å². The number of aliphatic hydroxyl groups excluding tert-OH is 2. The van der Waals surface area contributed by atoms with Crippen molar-refractivity contribution in [3.8, 4) is 0 Å². The van der Waals surface area contributed by atoms with Crippen LogP contribution < -0.4 is 22.1 Å². The third-order valence-electron chi connectivity index (χ3n) is 5.03. The zero-order chi connectivity index (χ0) is 24.0. The number of aliphatic hydroxyl groups is 2. The number of carbonyl (C=O) groups is 2. The standard InChI is InChI=1S/C20H27N7O6/c21-12(7-10-8-23-13-4-2-1-3-11(10)13)17-26-27-18(33-17)15(9-28)25-20(32)24-14(19(30)31)5-6-16(22)29/h1-4,8,12,14-16,23,28-29H,5-7,9,21-22H2,(H,30,31)(H2,24,25,32)/t12-,14-,15-,16?/m0/s1. The number of nitrogens with two attached hydrogens (primary N) is 2. The summed E-state index contributed by atoms with van der Waals surface area (Å²) >= 11 is 0. The highest BCUT2D eigenvalue weighted by Gasteiger charge is 2.26. The molecule has 13 nitrogen and oxygen atoms in total. The van der Waals surface area contributed by atoms with Crippen LogP contribution in [0.25, 0.3) is 10.9 Å². The quantitative estimate of drug-likeness (QED) is 0.173. The fourth-order valence-electron chi connectivity index (χ4n) is 3.30. The maximum absolute atomic E-state index is 12.2. The number of aromatic amines is 1. The summed E-state index contributed by atoms with van der Waals surface area (Å²) in [6, 6.07) is 3.89. The van der Waals surface area contributed by atoms with Crippen LogP contribution in [0.1, 0.15) is 42.3 Å². The van der Waals surface area contributed by atoms with E-state index in [9.17, 15) is 19.8 Å². The van der Waals surface area contributed by atoms with E-state index >= 15 is 0 Å². The largest absolute Gasteiger partial charge is 0.480 e. The highest BCUT2D eigenvalue weighted by atomic mass is 16.4. The van der Waals surface area contributed by atoms with E-state index in [0.717, 1.165) is 16.5 Å². The lowest BCUT2D eigenvalue weighted by atomic mass is 10.1. The Hall–Kier alpha value is -3.52. The number of para-hydroxylation sites is 1. The number of hydrogen-bond donors (Lipinski definition) is 8. The Labute approximate surface area is 188 Å². The first-order chi connectivity index (χ1) is 15.8. The minimum atomic E-state index is -1.30. The Bertz CT molecular complexity index is 1080.